The molecule has 0 atom stereocenters. The largest absolute Gasteiger partial charge is 0.339 e. The number of sulfonamides is 1. The van der Waals surface area contributed by atoms with E-state index >= 15 is 0 Å². The number of benzene rings is 2. The Morgan fingerprint density at radius 1 is 1.07 bits per heavy atom. The van der Waals surface area contributed by atoms with Gasteiger partial charge in [-0.05, 0) is 36.6 Å². The fourth-order valence-electron chi connectivity index (χ4n) is 2.96. The molecular weight excluding hydrogens is 370 g/mol. The minimum absolute atomic E-state index is 0.0282. The maximum atomic E-state index is 12.4. The number of nitro groups is 1. The van der Waals surface area contributed by atoms with E-state index in [9.17, 15) is 23.3 Å². The summed E-state index contributed by atoms with van der Waals surface area (Å²) < 4.78 is 27.2. The van der Waals surface area contributed by atoms with E-state index in [1.54, 1.807) is 29.2 Å². The number of para-hydroxylation sites is 1. The van der Waals surface area contributed by atoms with E-state index in [1.165, 1.54) is 18.2 Å². The first-order valence-corrected chi connectivity index (χ1v) is 9.98. The van der Waals surface area contributed by atoms with Crippen LogP contribution in [0.2, 0.25) is 0 Å². The number of rotatable bonds is 6. The molecule has 0 aromatic heterocycles. The van der Waals surface area contributed by atoms with Gasteiger partial charge in [-0.25, -0.2) is 13.1 Å². The van der Waals surface area contributed by atoms with Crippen LogP contribution in [0.3, 0.4) is 0 Å². The maximum Gasteiger partial charge on any atom is 0.289 e. The highest BCUT2D eigenvalue weighted by molar-refractivity contribution is 7.89. The summed E-state index contributed by atoms with van der Waals surface area (Å²) in [6, 6.07) is 11.8. The van der Waals surface area contributed by atoms with Gasteiger partial charge in [0.1, 0.15) is 0 Å². The number of nitrogens with one attached hydrogen (secondary N) is 1. The highest BCUT2D eigenvalue weighted by atomic mass is 32.2. The van der Waals surface area contributed by atoms with Crippen molar-refractivity contribution < 1.29 is 18.1 Å². The Balaban J connectivity index is 1.69. The van der Waals surface area contributed by atoms with Gasteiger partial charge in [0.15, 0.2) is 4.90 Å². The zero-order chi connectivity index (χ0) is 19.4. The molecule has 27 heavy (non-hydrogen) atoms. The average molecular weight is 389 g/mol. The number of carbonyl (C=O) groups is 1. The molecule has 2 aromatic rings. The fourth-order valence-corrected chi connectivity index (χ4v) is 4.15. The van der Waals surface area contributed by atoms with Crippen molar-refractivity contribution in [3.63, 3.8) is 0 Å². The molecule has 0 unspecified atom stereocenters. The topological polar surface area (TPSA) is 110 Å². The van der Waals surface area contributed by atoms with Crippen LogP contribution in [0.25, 0.3) is 0 Å². The second-order valence-electron chi connectivity index (χ2n) is 6.25. The van der Waals surface area contributed by atoms with Crippen molar-refractivity contribution in [3.05, 3.63) is 69.8 Å². The summed E-state index contributed by atoms with van der Waals surface area (Å²) in [4.78, 5) is 24.0. The van der Waals surface area contributed by atoms with Crippen LogP contribution in [0.1, 0.15) is 28.8 Å². The highest BCUT2D eigenvalue weighted by Gasteiger charge is 2.25. The van der Waals surface area contributed by atoms with E-state index in [2.05, 4.69) is 4.72 Å². The summed E-state index contributed by atoms with van der Waals surface area (Å²) >= 11 is 0. The van der Waals surface area contributed by atoms with Gasteiger partial charge in [-0.1, -0.05) is 24.3 Å². The third-order valence-electron chi connectivity index (χ3n) is 4.41. The number of nitrogens with zero attached hydrogens (tertiary/aromatic N) is 2. The van der Waals surface area contributed by atoms with Crippen molar-refractivity contribution in [1.82, 2.24) is 9.62 Å². The summed E-state index contributed by atoms with van der Waals surface area (Å²) in [5.74, 6) is -0.0282. The quantitative estimate of drug-likeness (QED) is 0.602. The van der Waals surface area contributed by atoms with Gasteiger partial charge >= 0.3 is 0 Å². The van der Waals surface area contributed by atoms with Gasteiger partial charge in [0, 0.05) is 31.3 Å². The monoisotopic (exact) mass is 389 g/mol. The predicted molar refractivity (Wildman–Crippen MR) is 98.7 cm³/mol. The van der Waals surface area contributed by atoms with E-state index in [0.717, 1.165) is 32.0 Å². The van der Waals surface area contributed by atoms with E-state index in [4.69, 9.17) is 0 Å². The minimum atomic E-state index is -4.04. The van der Waals surface area contributed by atoms with Crippen molar-refractivity contribution in [2.75, 3.05) is 13.1 Å². The number of hydrogen-bond acceptors (Lipinski definition) is 5. The molecule has 1 amide bonds. The fraction of sp³-hybridized carbons (Fsp3) is 0.278. The van der Waals surface area contributed by atoms with E-state index < -0.39 is 20.6 Å². The maximum absolute atomic E-state index is 12.4. The van der Waals surface area contributed by atoms with Crippen LogP contribution in [0.5, 0.6) is 0 Å². The molecule has 0 radical (unpaired) electrons. The van der Waals surface area contributed by atoms with Gasteiger partial charge in [-0.2, -0.15) is 0 Å². The normalized spacial score (nSPS) is 14.3. The Bertz CT molecular complexity index is 951. The molecule has 1 aliphatic heterocycles. The smallest absolute Gasteiger partial charge is 0.289 e. The van der Waals surface area contributed by atoms with Crippen LogP contribution < -0.4 is 4.72 Å². The number of hydrogen-bond donors (Lipinski definition) is 1. The van der Waals surface area contributed by atoms with Crippen molar-refractivity contribution in [2.45, 2.75) is 24.3 Å². The van der Waals surface area contributed by atoms with Crippen molar-refractivity contribution in [2.24, 2.45) is 0 Å². The second-order valence-corrected chi connectivity index (χ2v) is 7.98. The number of amides is 1. The molecule has 1 fully saturated rings. The molecule has 9 heteroatoms. The van der Waals surface area contributed by atoms with Gasteiger partial charge in [0.25, 0.3) is 11.6 Å². The summed E-state index contributed by atoms with van der Waals surface area (Å²) in [6.07, 6.45) is 2.02. The van der Waals surface area contributed by atoms with Crippen LogP contribution >= 0.6 is 0 Å². The summed E-state index contributed by atoms with van der Waals surface area (Å²) in [7, 11) is -4.04. The molecule has 3 rings (SSSR count). The lowest BCUT2D eigenvalue weighted by Gasteiger charge is -2.15. The number of nitro benzene ring substituents is 1. The van der Waals surface area contributed by atoms with Crippen LogP contribution in [0.15, 0.2) is 53.4 Å². The number of carbonyl (C=O) groups excluding carboxylic acids is 1. The molecule has 0 spiro atoms. The Morgan fingerprint density at radius 3 is 2.33 bits per heavy atom. The Morgan fingerprint density at radius 2 is 1.70 bits per heavy atom. The second kappa shape index (κ2) is 7.85. The van der Waals surface area contributed by atoms with Crippen LogP contribution in [-0.4, -0.2) is 37.2 Å². The molecule has 2 aromatic carbocycles. The van der Waals surface area contributed by atoms with Crippen LogP contribution in [0, 0.1) is 10.1 Å². The lowest BCUT2D eigenvalue weighted by molar-refractivity contribution is -0.387. The Labute approximate surface area is 157 Å². The Kier molecular flexibility index (Phi) is 5.52. The van der Waals surface area contributed by atoms with Gasteiger partial charge in [-0.15, -0.1) is 0 Å². The van der Waals surface area contributed by atoms with Crippen molar-refractivity contribution in [3.8, 4) is 0 Å². The zero-order valence-electron chi connectivity index (χ0n) is 14.5. The first-order chi connectivity index (χ1) is 12.9. The molecule has 1 saturated heterocycles. The van der Waals surface area contributed by atoms with Gasteiger partial charge in [0.2, 0.25) is 10.0 Å². The van der Waals surface area contributed by atoms with Crippen LogP contribution in [-0.2, 0) is 16.6 Å². The molecular formula is C18H19N3O5S. The standard InChI is InChI=1S/C18H19N3O5S/c22-18(20-11-3-4-12-20)15-9-7-14(8-10-15)13-19-27(25,26)17-6-2-1-5-16(17)21(23)24/h1-2,5-10,19H,3-4,11-13H2. The predicted octanol–water partition coefficient (Wildman–Crippen LogP) is 2.31. The van der Waals surface area contributed by atoms with E-state index in [-0.39, 0.29) is 17.3 Å². The molecule has 142 valence electrons. The zero-order valence-corrected chi connectivity index (χ0v) is 15.3. The summed E-state index contributed by atoms with van der Waals surface area (Å²) in [5, 5.41) is 11.0. The van der Waals surface area contributed by atoms with E-state index in [1.807, 2.05) is 0 Å². The van der Waals surface area contributed by atoms with Crippen LogP contribution in [0.4, 0.5) is 5.69 Å². The average Bonchev–Trinajstić information content (AvgIpc) is 3.21. The van der Waals surface area contributed by atoms with Gasteiger partial charge in [-0.3, -0.25) is 14.9 Å². The minimum Gasteiger partial charge on any atom is -0.339 e. The molecule has 8 nitrogen and oxygen atoms in total. The summed E-state index contributed by atoms with van der Waals surface area (Å²) in [5.41, 5.74) is 0.730. The van der Waals surface area contributed by atoms with E-state index in [0.29, 0.717) is 11.1 Å². The first kappa shape index (κ1) is 19.0. The van der Waals surface area contributed by atoms with Crippen molar-refractivity contribution in [1.29, 1.82) is 0 Å². The lowest BCUT2D eigenvalue weighted by Crippen LogP contribution is -2.27. The molecule has 0 aliphatic carbocycles. The third kappa shape index (κ3) is 4.32. The molecule has 1 N–H and O–H groups in total. The SMILES string of the molecule is O=C(c1ccc(CNS(=O)(=O)c2ccccc2[N+](=O)[O-])cc1)N1CCCC1. The highest BCUT2D eigenvalue weighted by Crippen LogP contribution is 2.23. The molecule has 1 aliphatic rings. The summed E-state index contributed by atoms with van der Waals surface area (Å²) in [6.45, 7) is 1.49. The molecule has 0 saturated carbocycles. The third-order valence-corrected chi connectivity index (χ3v) is 5.86. The van der Waals surface area contributed by atoms with Gasteiger partial charge < -0.3 is 4.90 Å². The lowest BCUT2D eigenvalue weighted by atomic mass is 10.1. The molecule has 0 bridgehead atoms. The van der Waals surface area contributed by atoms with Gasteiger partial charge in [0.05, 0.1) is 4.92 Å². The molecule has 1 heterocycles. The Hall–Kier alpha value is -2.78. The van der Waals surface area contributed by atoms with Crippen molar-refractivity contribution >= 4 is 21.6 Å². The first-order valence-electron chi connectivity index (χ1n) is 8.50. The number of likely N-dealkylation sites (tertiary alicyclic amines) is 1.